The van der Waals surface area contributed by atoms with E-state index in [1.54, 1.807) is 34.6 Å². The van der Waals surface area contributed by atoms with Crippen LogP contribution >= 0.6 is 31.1 Å². The third-order valence-corrected chi connectivity index (χ3v) is 8.51. The van der Waals surface area contributed by atoms with E-state index in [0.717, 1.165) is 18.0 Å². The van der Waals surface area contributed by atoms with Crippen molar-refractivity contribution in [3.05, 3.63) is 22.7 Å². The van der Waals surface area contributed by atoms with Gasteiger partial charge in [-0.25, -0.2) is 18.8 Å². The number of anilines is 1. The molecule has 13 nitrogen and oxygen atoms in total. The second-order valence-corrected chi connectivity index (χ2v) is 13.5. The van der Waals surface area contributed by atoms with Crippen molar-refractivity contribution >= 4 is 48.0 Å². The monoisotopic (exact) mass is 616 g/mol. The molecule has 222 valence electrons. The SMILES string of the molecule is CC(C)OC(=O)[C@H](C)N[P@@](=O)(OCCSC(=O)C(C)(C)C)OC[C@H]1O[C@@H](n2ccc(N)nc2=O)[C@@](F)(Cl)[C@@H]1O. The van der Waals surface area contributed by atoms with Gasteiger partial charge in [0.15, 0.2) is 11.3 Å². The lowest BCUT2D eigenvalue weighted by molar-refractivity contribution is -0.149. The molecule has 0 aromatic carbocycles. The fourth-order valence-corrected chi connectivity index (χ4v) is 5.81. The predicted molar refractivity (Wildman–Crippen MR) is 143 cm³/mol. The number of aliphatic hydroxyl groups is 1. The van der Waals surface area contributed by atoms with Gasteiger partial charge in [-0.15, -0.1) is 0 Å². The van der Waals surface area contributed by atoms with Crippen LogP contribution in [0, 0.1) is 5.41 Å². The minimum Gasteiger partial charge on any atom is -0.462 e. The molecule has 0 radical (unpaired) electrons. The molecule has 2 heterocycles. The van der Waals surface area contributed by atoms with Crippen molar-refractivity contribution in [3.8, 4) is 0 Å². The molecule has 0 saturated carbocycles. The average molecular weight is 617 g/mol. The van der Waals surface area contributed by atoms with Crippen LogP contribution in [0.3, 0.4) is 0 Å². The van der Waals surface area contributed by atoms with Crippen LogP contribution in [-0.2, 0) is 32.7 Å². The third-order valence-electron chi connectivity index (χ3n) is 5.14. The van der Waals surface area contributed by atoms with E-state index >= 15 is 4.39 Å². The molecule has 2 rings (SSSR count). The Balaban J connectivity index is 2.16. The maximum absolute atomic E-state index is 15.3. The number of nitrogens with one attached hydrogen (secondary N) is 1. The Kier molecular flexibility index (Phi) is 11.5. The number of aliphatic hydroxyl groups excluding tert-OH is 1. The van der Waals surface area contributed by atoms with Crippen LogP contribution < -0.4 is 16.5 Å². The molecule has 0 aliphatic carbocycles. The first-order valence-electron chi connectivity index (χ1n) is 12.0. The van der Waals surface area contributed by atoms with E-state index < -0.39 is 67.1 Å². The van der Waals surface area contributed by atoms with Gasteiger partial charge in [-0.3, -0.25) is 23.2 Å². The first-order valence-corrected chi connectivity index (χ1v) is 14.9. The summed E-state index contributed by atoms with van der Waals surface area (Å²) in [5, 5.41) is 9.79. The van der Waals surface area contributed by atoms with Gasteiger partial charge in [-0.1, -0.05) is 44.1 Å². The van der Waals surface area contributed by atoms with Crippen molar-refractivity contribution in [2.45, 2.75) is 77.3 Å². The summed E-state index contributed by atoms with van der Waals surface area (Å²) < 4.78 is 50.8. The summed E-state index contributed by atoms with van der Waals surface area (Å²) in [4.78, 5) is 40.1. The van der Waals surface area contributed by atoms with Crippen molar-refractivity contribution < 1.29 is 42.2 Å². The fraction of sp³-hybridized carbons (Fsp3) is 0.727. The normalized spacial score (nSPS) is 25.8. The van der Waals surface area contributed by atoms with E-state index in [1.165, 1.54) is 13.0 Å². The highest BCUT2D eigenvalue weighted by molar-refractivity contribution is 8.13. The number of nitrogen functional groups attached to an aromatic ring is 1. The maximum atomic E-state index is 15.3. The van der Waals surface area contributed by atoms with Gasteiger partial charge in [-0.05, 0) is 26.8 Å². The molecule has 4 N–H and O–H groups in total. The highest BCUT2D eigenvalue weighted by Gasteiger charge is 2.58. The number of alkyl halides is 2. The van der Waals surface area contributed by atoms with Crippen LogP contribution in [0.15, 0.2) is 17.1 Å². The number of halogens is 2. The van der Waals surface area contributed by atoms with Gasteiger partial charge in [0, 0.05) is 17.4 Å². The Morgan fingerprint density at radius 1 is 1.38 bits per heavy atom. The number of nitrogens with two attached hydrogens (primary N) is 1. The molecule has 1 aliphatic heterocycles. The van der Waals surface area contributed by atoms with Gasteiger partial charge in [0.2, 0.25) is 0 Å². The molecule has 39 heavy (non-hydrogen) atoms. The number of carbonyl (C=O) groups is 2. The summed E-state index contributed by atoms with van der Waals surface area (Å²) in [5.74, 6) is -0.751. The first kappa shape index (κ1) is 33.6. The van der Waals surface area contributed by atoms with E-state index in [0.29, 0.717) is 4.57 Å². The van der Waals surface area contributed by atoms with E-state index in [2.05, 4.69) is 10.1 Å². The molecule has 0 bridgehead atoms. The van der Waals surface area contributed by atoms with Gasteiger partial charge in [0.1, 0.15) is 24.1 Å². The van der Waals surface area contributed by atoms with Crippen LogP contribution in [0.1, 0.15) is 47.8 Å². The fourth-order valence-electron chi connectivity index (χ4n) is 3.13. The quantitative estimate of drug-likeness (QED) is 0.135. The van der Waals surface area contributed by atoms with Gasteiger partial charge in [0.25, 0.3) is 5.13 Å². The number of ether oxygens (including phenoxy) is 2. The molecule has 1 aliphatic rings. The van der Waals surface area contributed by atoms with Crippen molar-refractivity contribution in [2.75, 3.05) is 24.7 Å². The number of carbonyl (C=O) groups excluding carboxylic acids is 2. The van der Waals surface area contributed by atoms with Gasteiger partial charge < -0.3 is 20.3 Å². The second-order valence-electron chi connectivity index (χ2n) is 10.0. The van der Waals surface area contributed by atoms with Crippen LogP contribution in [0.5, 0.6) is 0 Å². The molecule has 0 spiro atoms. The highest BCUT2D eigenvalue weighted by atomic mass is 35.5. The summed E-state index contributed by atoms with van der Waals surface area (Å²) in [6.45, 7) is 8.92. The number of esters is 1. The number of hydrogen-bond donors (Lipinski definition) is 3. The van der Waals surface area contributed by atoms with Gasteiger partial charge in [-0.2, -0.15) is 4.98 Å². The van der Waals surface area contributed by atoms with Crippen LogP contribution in [0.25, 0.3) is 0 Å². The van der Waals surface area contributed by atoms with Crippen molar-refractivity contribution in [3.63, 3.8) is 0 Å². The van der Waals surface area contributed by atoms with E-state index in [1.807, 2.05) is 0 Å². The zero-order chi connectivity index (χ0) is 29.8. The Morgan fingerprint density at radius 3 is 2.59 bits per heavy atom. The molecular weight excluding hydrogens is 582 g/mol. The molecule has 1 aromatic rings. The standard InChI is InChI=1S/C22H35ClFN4O9PS/c1-12(2)36-17(30)13(3)27-38(33,34-9-10-39-19(31)21(4,5)6)35-11-14-16(29)22(23,24)18(37-14)28-8-7-15(25)26-20(28)32/h7-8,12-14,16,18,29H,9-11H2,1-6H3,(H,27,33)(H2,25,26,32)/t13-,14+,16+,18+,22+,38+/m0/s1. The number of nitrogens with zero attached hydrogens (tertiary/aromatic N) is 2. The zero-order valence-corrected chi connectivity index (χ0v) is 24.9. The average Bonchev–Trinajstić information content (AvgIpc) is 3.03. The Morgan fingerprint density at radius 2 is 2.03 bits per heavy atom. The molecule has 6 atom stereocenters. The Labute approximate surface area is 234 Å². The van der Waals surface area contributed by atoms with Crippen LogP contribution in [0.4, 0.5) is 10.2 Å². The molecule has 0 amide bonds. The smallest absolute Gasteiger partial charge is 0.406 e. The maximum Gasteiger partial charge on any atom is 0.406 e. The predicted octanol–water partition coefficient (Wildman–Crippen LogP) is 2.37. The van der Waals surface area contributed by atoms with Gasteiger partial charge in [0.05, 0.1) is 19.3 Å². The Hall–Kier alpha value is -1.58. The summed E-state index contributed by atoms with van der Waals surface area (Å²) in [6, 6.07) is 0.0527. The zero-order valence-electron chi connectivity index (χ0n) is 22.5. The number of aromatic nitrogens is 2. The lowest BCUT2D eigenvalue weighted by Gasteiger charge is -2.25. The van der Waals surface area contributed by atoms with Gasteiger partial charge >= 0.3 is 19.4 Å². The summed E-state index contributed by atoms with van der Waals surface area (Å²) in [7, 11) is -4.33. The molecule has 1 saturated heterocycles. The molecule has 0 unspecified atom stereocenters. The first-order chi connectivity index (χ1) is 17.9. The van der Waals surface area contributed by atoms with Crippen molar-refractivity contribution in [1.29, 1.82) is 0 Å². The lowest BCUT2D eigenvalue weighted by Crippen LogP contribution is -2.41. The third kappa shape index (κ3) is 9.22. The molecule has 1 aromatic heterocycles. The molecule has 17 heteroatoms. The second kappa shape index (κ2) is 13.4. The largest absolute Gasteiger partial charge is 0.462 e. The van der Waals surface area contributed by atoms with Crippen molar-refractivity contribution in [1.82, 2.24) is 14.6 Å². The topological polar surface area (TPSA) is 181 Å². The lowest BCUT2D eigenvalue weighted by atomic mass is 10.00. The van der Waals surface area contributed by atoms with E-state index in [9.17, 15) is 24.1 Å². The molecule has 1 fully saturated rings. The Bertz CT molecular complexity index is 1130. The van der Waals surface area contributed by atoms with Crippen LogP contribution in [0.2, 0.25) is 0 Å². The summed E-state index contributed by atoms with van der Waals surface area (Å²) >= 11 is 6.85. The van der Waals surface area contributed by atoms with E-state index in [4.69, 9.17) is 35.9 Å². The number of thioether (sulfide) groups is 1. The molecular formula is C22H35ClFN4O9PS. The number of hydrogen-bond acceptors (Lipinski definition) is 12. The van der Waals surface area contributed by atoms with Crippen molar-refractivity contribution in [2.24, 2.45) is 5.41 Å². The number of rotatable bonds is 12. The minimum atomic E-state index is -4.33. The minimum absolute atomic E-state index is 0.114. The summed E-state index contributed by atoms with van der Waals surface area (Å²) in [5.41, 5.74) is 3.87. The van der Waals surface area contributed by atoms with E-state index in [-0.39, 0.29) is 23.3 Å². The highest BCUT2D eigenvalue weighted by Crippen LogP contribution is 2.48. The van der Waals surface area contributed by atoms with Crippen LogP contribution in [-0.4, -0.2) is 74.2 Å². The summed E-state index contributed by atoms with van der Waals surface area (Å²) in [6.07, 6.45) is -4.73.